The Bertz CT molecular complexity index is 649. The van der Waals surface area contributed by atoms with Crippen LogP contribution in [0, 0.1) is 5.82 Å². The highest BCUT2D eigenvalue weighted by Gasteiger charge is 2.45. The molecule has 4 heterocycles. The fraction of sp³-hybridized carbons (Fsp3) is 0.471. The molecule has 0 N–H and O–H groups in total. The van der Waals surface area contributed by atoms with Gasteiger partial charge in [0.05, 0.1) is 12.5 Å². The van der Waals surface area contributed by atoms with Crippen molar-refractivity contribution in [2.45, 2.75) is 37.6 Å². The standard InChI is InChI=1S/C17H19FN2O3/c18-13-3-1-6-19-17(13)23-15-10-20(9-12-5-8-21-11-12)14-4-2-7-22-16(14)15/h1,3,5-6,8,11,14-16H,2,4,7,9-10H2/t14-,15-,16+/m1/s1. The van der Waals surface area contributed by atoms with Gasteiger partial charge >= 0.3 is 0 Å². The van der Waals surface area contributed by atoms with E-state index in [4.69, 9.17) is 13.9 Å². The summed E-state index contributed by atoms with van der Waals surface area (Å²) in [6.45, 7) is 2.20. The van der Waals surface area contributed by atoms with E-state index >= 15 is 0 Å². The van der Waals surface area contributed by atoms with Crippen LogP contribution in [0.2, 0.25) is 0 Å². The molecule has 0 saturated carbocycles. The van der Waals surface area contributed by atoms with E-state index < -0.39 is 5.82 Å². The van der Waals surface area contributed by atoms with Crippen molar-refractivity contribution >= 4 is 0 Å². The summed E-state index contributed by atoms with van der Waals surface area (Å²) in [5, 5.41) is 0. The molecule has 0 aromatic carbocycles. The monoisotopic (exact) mass is 318 g/mol. The molecule has 122 valence electrons. The van der Waals surface area contributed by atoms with Crippen molar-refractivity contribution in [2.24, 2.45) is 0 Å². The van der Waals surface area contributed by atoms with Crippen molar-refractivity contribution in [2.75, 3.05) is 13.2 Å². The molecule has 0 radical (unpaired) electrons. The van der Waals surface area contributed by atoms with Crippen molar-refractivity contribution in [3.8, 4) is 5.88 Å². The van der Waals surface area contributed by atoms with Gasteiger partial charge in [0.1, 0.15) is 12.2 Å². The zero-order valence-electron chi connectivity index (χ0n) is 12.7. The predicted molar refractivity (Wildman–Crippen MR) is 80.5 cm³/mol. The maximum Gasteiger partial charge on any atom is 0.250 e. The third-order valence-electron chi connectivity index (χ3n) is 4.54. The molecule has 3 atom stereocenters. The minimum Gasteiger partial charge on any atom is -0.472 e. The highest BCUT2D eigenvalue weighted by molar-refractivity contribution is 5.15. The van der Waals surface area contributed by atoms with Crippen LogP contribution in [-0.2, 0) is 11.3 Å². The summed E-state index contributed by atoms with van der Waals surface area (Å²) in [6, 6.07) is 5.17. The van der Waals surface area contributed by atoms with E-state index in [1.54, 1.807) is 18.6 Å². The first-order valence-electron chi connectivity index (χ1n) is 7.95. The number of hydrogen-bond donors (Lipinski definition) is 0. The van der Waals surface area contributed by atoms with E-state index in [1.165, 1.54) is 12.3 Å². The number of hydrogen-bond acceptors (Lipinski definition) is 5. The molecule has 0 bridgehead atoms. The minimum atomic E-state index is -0.437. The number of ether oxygens (including phenoxy) is 2. The van der Waals surface area contributed by atoms with Gasteiger partial charge in [-0.1, -0.05) is 0 Å². The summed E-state index contributed by atoms with van der Waals surface area (Å²) in [7, 11) is 0. The first-order valence-corrected chi connectivity index (χ1v) is 7.95. The average molecular weight is 318 g/mol. The van der Waals surface area contributed by atoms with Crippen LogP contribution in [0.5, 0.6) is 5.88 Å². The van der Waals surface area contributed by atoms with Crippen LogP contribution >= 0.6 is 0 Å². The van der Waals surface area contributed by atoms with Gasteiger partial charge in [0.2, 0.25) is 0 Å². The second-order valence-electron chi connectivity index (χ2n) is 6.05. The largest absolute Gasteiger partial charge is 0.472 e. The van der Waals surface area contributed by atoms with Gasteiger partial charge in [-0.15, -0.1) is 0 Å². The van der Waals surface area contributed by atoms with E-state index in [1.807, 2.05) is 6.07 Å². The quantitative estimate of drug-likeness (QED) is 0.867. The second-order valence-corrected chi connectivity index (χ2v) is 6.05. The number of fused-ring (bicyclic) bond motifs is 1. The molecule has 2 fully saturated rings. The molecule has 2 aliphatic heterocycles. The summed E-state index contributed by atoms with van der Waals surface area (Å²) in [6.07, 6.45) is 6.81. The Morgan fingerprint density at radius 3 is 3.17 bits per heavy atom. The highest BCUT2D eigenvalue weighted by Crippen LogP contribution is 2.32. The molecular formula is C17H19FN2O3. The molecule has 0 spiro atoms. The van der Waals surface area contributed by atoms with Gasteiger partial charge in [-0.2, -0.15) is 0 Å². The molecule has 23 heavy (non-hydrogen) atoms. The Balaban J connectivity index is 1.52. The molecule has 2 saturated heterocycles. The number of furan rings is 1. The third kappa shape index (κ3) is 2.96. The third-order valence-corrected chi connectivity index (χ3v) is 4.54. The molecule has 0 aliphatic carbocycles. The van der Waals surface area contributed by atoms with E-state index in [9.17, 15) is 4.39 Å². The van der Waals surface area contributed by atoms with Gasteiger partial charge in [-0.05, 0) is 31.0 Å². The summed E-state index contributed by atoms with van der Waals surface area (Å²) in [4.78, 5) is 6.33. The molecule has 2 aromatic heterocycles. The van der Waals surface area contributed by atoms with Gasteiger partial charge < -0.3 is 13.9 Å². The second kappa shape index (κ2) is 6.29. The van der Waals surface area contributed by atoms with E-state index in [-0.39, 0.29) is 24.1 Å². The maximum atomic E-state index is 13.8. The maximum absolute atomic E-state index is 13.8. The minimum absolute atomic E-state index is 0.0444. The molecule has 6 heteroatoms. The normalized spacial score (nSPS) is 27.8. The highest BCUT2D eigenvalue weighted by atomic mass is 19.1. The van der Waals surface area contributed by atoms with Gasteiger partial charge in [-0.3, -0.25) is 4.90 Å². The van der Waals surface area contributed by atoms with Crippen molar-refractivity contribution < 1.29 is 18.3 Å². The number of likely N-dealkylation sites (tertiary alicyclic amines) is 1. The van der Waals surface area contributed by atoms with Gasteiger partial charge in [0.15, 0.2) is 5.82 Å². The van der Waals surface area contributed by atoms with E-state index in [0.29, 0.717) is 6.54 Å². The molecule has 0 unspecified atom stereocenters. The fourth-order valence-electron chi connectivity index (χ4n) is 3.51. The van der Waals surface area contributed by atoms with Crippen LogP contribution in [0.15, 0.2) is 41.3 Å². The van der Waals surface area contributed by atoms with Gasteiger partial charge in [-0.25, -0.2) is 9.37 Å². The molecule has 2 aromatic rings. The predicted octanol–water partition coefficient (Wildman–Crippen LogP) is 2.62. The lowest BCUT2D eigenvalue weighted by molar-refractivity contribution is -0.0486. The first-order chi connectivity index (χ1) is 11.3. The van der Waals surface area contributed by atoms with Gasteiger partial charge in [0.25, 0.3) is 5.88 Å². The van der Waals surface area contributed by atoms with Crippen molar-refractivity contribution in [1.29, 1.82) is 0 Å². The summed E-state index contributed by atoms with van der Waals surface area (Å²) in [5.41, 5.74) is 1.12. The van der Waals surface area contributed by atoms with Crippen molar-refractivity contribution in [3.63, 3.8) is 0 Å². The topological polar surface area (TPSA) is 47.7 Å². The summed E-state index contributed by atoms with van der Waals surface area (Å²) in [5.74, 6) is -0.385. The van der Waals surface area contributed by atoms with Crippen LogP contribution < -0.4 is 4.74 Å². The van der Waals surface area contributed by atoms with Gasteiger partial charge in [0, 0.05) is 37.5 Å². The zero-order valence-corrected chi connectivity index (χ0v) is 12.7. The molecule has 5 nitrogen and oxygen atoms in total. The first kappa shape index (κ1) is 14.7. The van der Waals surface area contributed by atoms with Crippen molar-refractivity contribution in [1.82, 2.24) is 9.88 Å². The van der Waals surface area contributed by atoms with Crippen LogP contribution in [-0.4, -0.2) is 41.3 Å². The fourth-order valence-corrected chi connectivity index (χ4v) is 3.51. The van der Waals surface area contributed by atoms with Crippen LogP contribution in [0.25, 0.3) is 0 Å². The number of pyridine rings is 1. The molecular weight excluding hydrogens is 299 g/mol. The Morgan fingerprint density at radius 2 is 2.35 bits per heavy atom. The van der Waals surface area contributed by atoms with Crippen molar-refractivity contribution in [3.05, 3.63) is 48.3 Å². The summed E-state index contributed by atoms with van der Waals surface area (Å²) >= 11 is 0. The zero-order chi connectivity index (χ0) is 15.6. The SMILES string of the molecule is Fc1cccnc1O[C@@H]1CN(Cc2ccoc2)[C@@H]2CCCO[C@@H]21. The number of rotatable bonds is 4. The lowest BCUT2D eigenvalue weighted by atomic mass is 10.0. The number of nitrogens with zero attached hydrogens (tertiary/aromatic N) is 2. The molecule has 4 rings (SSSR count). The number of aromatic nitrogens is 1. The summed E-state index contributed by atoms with van der Waals surface area (Å²) < 4.78 is 30.7. The van der Waals surface area contributed by atoms with E-state index in [2.05, 4.69) is 9.88 Å². The Hall–Kier alpha value is -1.92. The smallest absolute Gasteiger partial charge is 0.250 e. The molecule has 0 amide bonds. The van der Waals surface area contributed by atoms with Crippen LogP contribution in [0.4, 0.5) is 4.39 Å². The lowest BCUT2D eigenvalue weighted by Gasteiger charge is -2.32. The Morgan fingerprint density at radius 1 is 1.39 bits per heavy atom. The lowest BCUT2D eigenvalue weighted by Crippen LogP contribution is -2.42. The Kier molecular flexibility index (Phi) is 4.01. The number of halogens is 1. The van der Waals surface area contributed by atoms with Crippen LogP contribution in [0.3, 0.4) is 0 Å². The average Bonchev–Trinajstić information content (AvgIpc) is 3.19. The van der Waals surface area contributed by atoms with Crippen LogP contribution in [0.1, 0.15) is 18.4 Å². The molecule has 2 aliphatic rings. The van der Waals surface area contributed by atoms with E-state index in [0.717, 1.165) is 31.6 Å². The Labute approximate surface area is 134 Å².